The summed E-state index contributed by atoms with van der Waals surface area (Å²) in [6, 6.07) is 12.1. The minimum atomic E-state index is -0.730. The third kappa shape index (κ3) is 5.92. The molecule has 1 aromatic heterocycles. The number of ether oxygens (including phenoxy) is 2. The highest BCUT2D eigenvalue weighted by Crippen LogP contribution is 2.31. The molecule has 10 heteroatoms. The van der Waals surface area contributed by atoms with Crippen LogP contribution in [0.15, 0.2) is 101 Å². The first-order valence-corrected chi connectivity index (χ1v) is 12.7. The van der Waals surface area contributed by atoms with Crippen molar-refractivity contribution in [1.29, 1.82) is 5.41 Å². The molecular formula is C30H26F2N4O4. The van der Waals surface area contributed by atoms with Crippen molar-refractivity contribution in [2.75, 3.05) is 18.5 Å². The zero-order valence-corrected chi connectivity index (χ0v) is 21.3. The van der Waals surface area contributed by atoms with Crippen LogP contribution in [0.2, 0.25) is 0 Å². The smallest absolute Gasteiger partial charge is 0.267 e. The van der Waals surface area contributed by atoms with E-state index in [1.54, 1.807) is 0 Å². The highest BCUT2D eigenvalue weighted by atomic mass is 19.1. The van der Waals surface area contributed by atoms with E-state index in [-0.39, 0.29) is 22.9 Å². The second kappa shape index (κ2) is 11.9. The molecule has 204 valence electrons. The van der Waals surface area contributed by atoms with Crippen LogP contribution < -0.4 is 20.9 Å². The third-order valence-corrected chi connectivity index (χ3v) is 6.61. The van der Waals surface area contributed by atoms with Crippen molar-refractivity contribution < 1.29 is 23.0 Å². The molecule has 5 rings (SSSR count). The van der Waals surface area contributed by atoms with Gasteiger partial charge in [-0.25, -0.2) is 8.78 Å². The van der Waals surface area contributed by atoms with E-state index in [1.807, 2.05) is 12.3 Å². The van der Waals surface area contributed by atoms with E-state index in [2.05, 4.69) is 10.6 Å². The Kier molecular flexibility index (Phi) is 7.97. The van der Waals surface area contributed by atoms with Crippen LogP contribution in [0.25, 0.3) is 5.69 Å². The number of nitrogens with zero attached hydrogens (tertiary/aromatic N) is 1. The topological polar surface area (TPSA) is 105 Å². The average Bonchev–Trinajstić information content (AvgIpc) is 2.96. The molecule has 0 bridgehead atoms. The van der Waals surface area contributed by atoms with Crippen molar-refractivity contribution in [2.24, 2.45) is 5.92 Å². The van der Waals surface area contributed by atoms with E-state index >= 15 is 4.39 Å². The molecule has 2 aliphatic heterocycles. The van der Waals surface area contributed by atoms with Gasteiger partial charge in [0.2, 0.25) is 0 Å². The third-order valence-electron chi connectivity index (χ3n) is 6.61. The molecule has 0 spiro atoms. The molecule has 2 aromatic carbocycles. The van der Waals surface area contributed by atoms with Gasteiger partial charge in [-0.3, -0.25) is 14.2 Å². The molecule has 0 saturated carbocycles. The zero-order valence-electron chi connectivity index (χ0n) is 21.3. The number of pyridine rings is 1. The van der Waals surface area contributed by atoms with Gasteiger partial charge >= 0.3 is 0 Å². The van der Waals surface area contributed by atoms with Crippen LogP contribution in [0, 0.1) is 23.0 Å². The summed E-state index contributed by atoms with van der Waals surface area (Å²) in [5, 5.41) is 13.1. The maximum atomic E-state index is 15.1. The molecule has 0 atom stereocenters. The lowest BCUT2D eigenvalue weighted by Crippen LogP contribution is -2.27. The number of rotatable bonds is 7. The summed E-state index contributed by atoms with van der Waals surface area (Å²) >= 11 is 0. The molecule has 8 nitrogen and oxygen atoms in total. The van der Waals surface area contributed by atoms with Crippen LogP contribution >= 0.6 is 0 Å². The van der Waals surface area contributed by atoms with Gasteiger partial charge in [-0.2, -0.15) is 0 Å². The Morgan fingerprint density at radius 1 is 1.12 bits per heavy atom. The summed E-state index contributed by atoms with van der Waals surface area (Å²) in [6.07, 6.45) is 9.50. The number of allylic oxidation sites excluding steroid dienone is 3. The molecule has 0 aliphatic carbocycles. The average molecular weight is 545 g/mol. The Hall–Kier alpha value is -4.83. The Labute approximate surface area is 228 Å². The van der Waals surface area contributed by atoms with E-state index in [9.17, 15) is 14.0 Å². The van der Waals surface area contributed by atoms with Gasteiger partial charge in [-0.15, -0.1) is 0 Å². The van der Waals surface area contributed by atoms with Gasteiger partial charge < -0.3 is 25.5 Å². The summed E-state index contributed by atoms with van der Waals surface area (Å²) in [4.78, 5) is 25.8. The van der Waals surface area contributed by atoms with Gasteiger partial charge in [0, 0.05) is 49.3 Å². The molecule has 0 radical (unpaired) electrons. The monoisotopic (exact) mass is 544 g/mol. The van der Waals surface area contributed by atoms with Crippen LogP contribution in [0.1, 0.15) is 23.2 Å². The Morgan fingerprint density at radius 3 is 2.62 bits per heavy atom. The Balaban J connectivity index is 1.33. The fraction of sp³-hybridized carbons (Fsp3) is 0.167. The number of carbonyl (C=O) groups excluding carboxylic acids is 1. The number of dihydropyridines is 1. The van der Waals surface area contributed by atoms with E-state index in [4.69, 9.17) is 14.9 Å². The van der Waals surface area contributed by atoms with Crippen molar-refractivity contribution in [3.63, 3.8) is 0 Å². The first kappa shape index (κ1) is 26.8. The quantitative estimate of drug-likeness (QED) is 0.360. The van der Waals surface area contributed by atoms with Gasteiger partial charge in [0.25, 0.3) is 11.5 Å². The number of halogens is 2. The maximum absolute atomic E-state index is 15.1. The van der Waals surface area contributed by atoms with Gasteiger partial charge in [-0.05, 0) is 85.0 Å². The molecule has 1 fully saturated rings. The number of aromatic nitrogens is 1. The predicted octanol–water partition coefficient (Wildman–Crippen LogP) is 5.08. The fourth-order valence-corrected chi connectivity index (χ4v) is 4.52. The maximum Gasteiger partial charge on any atom is 0.267 e. The lowest BCUT2D eigenvalue weighted by molar-refractivity contribution is 0.0763. The SMILES string of the molecule is N=C/C=C1\NC=C(C2CCOCC2)C=C1Oc1ccc(NC(=O)c2cccn(-c3ccc(F)cc3)c2=O)cc1F. The molecule has 0 unspecified atom stereocenters. The molecule has 40 heavy (non-hydrogen) atoms. The molecule has 3 N–H and O–H groups in total. The number of carbonyl (C=O) groups is 1. The van der Waals surface area contributed by atoms with Gasteiger partial charge in [0.1, 0.15) is 11.4 Å². The van der Waals surface area contributed by atoms with Crippen LogP contribution in [0.5, 0.6) is 5.75 Å². The zero-order chi connectivity index (χ0) is 28.1. The van der Waals surface area contributed by atoms with E-state index < -0.39 is 23.1 Å². The molecule has 2 aliphatic rings. The first-order chi connectivity index (χ1) is 19.4. The number of nitrogens with one attached hydrogen (secondary N) is 3. The summed E-state index contributed by atoms with van der Waals surface area (Å²) in [6.45, 7) is 1.33. The summed E-state index contributed by atoms with van der Waals surface area (Å²) in [5.74, 6) is -1.35. The number of hydrogen-bond acceptors (Lipinski definition) is 6. The minimum absolute atomic E-state index is 0.0754. The van der Waals surface area contributed by atoms with Crippen LogP contribution in [0.4, 0.5) is 14.5 Å². The number of hydrogen-bond donors (Lipinski definition) is 3. The molecule has 3 aromatic rings. The standard InChI is InChI=1S/C30H26F2N4O4/c31-21-3-6-23(7-4-21)36-13-1-2-24(30(36)38)29(37)35-22-5-8-27(25(32)17-22)40-28-16-20(18-34-26(28)9-12-33)19-10-14-39-15-11-19/h1-9,12-13,16-19,33-34H,10-11,14-15H2,(H,35,37)/b26-9-,33-12?. The van der Waals surface area contributed by atoms with E-state index in [0.717, 1.165) is 30.7 Å². The van der Waals surface area contributed by atoms with Gasteiger partial charge in [-0.1, -0.05) is 0 Å². The Bertz CT molecular complexity index is 1590. The second-order valence-electron chi connectivity index (χ2n) is 9.21. The number of benzene rings is 2. The lowest BCUT2D eigenvalue weighted by Gasteiger charge is -2.27. The van der Waals surface area contributed by atoms with E-state index in [1.165, 1.54) is 65.4 Å². The van der Waals surface area contributed by atoms with Crippen LogP contribution in [-0.4, -0.2) is 29.9 Å². The van der Waals surface area contributed by atoms with Gasteiger partial charge in [0.05, 0.1) is 5.70 Å². The van der Waals surface area contributed by atoms with Crippen LogP contribution in [0.3, 0.4) is 0 Å². The van der Waals surface area contributed by atoms with Crippen molar-refractivity contribution in [3.05, 3.63) is 124 Å². The number of amides is 1. The van der Waals surface area contributed by atoms with Gasteiger partial charge in [0.15, 0.2) is 17.3 Å². The Morgan fingerprint density at radius 2 is 1.90 bits per heavy atom. The van der Waals surface area contributed by atoms with Crippen molar-refractivity contribution in [2.45, 2.75) is 12.8 Å². The first-order valence-electron chi connectivity index (χ1n) is 12.7. The predicted molar refractivity (Wildman–Crippen MR) is 147 cm³/mol. The second-order valence-corrected chi connectivity index (χ2v) is 9.21. The van der Waals surface area contributed by atoms with E-state index in [0.29, 0.717) is 30.4 Å². The van der Waals surface area contributed by atoms with Crippen molar-refractivity contribution in [1.82, 2.24) is 9.88 Å². The number of anilines is 1. The molecular weight excluding hydrogens is 518 g/mol. The summed E-state index contributed by atoms with van der Waals surface area (Å²) in [5.41, 5.74) is 1.25. The van der Waals surface area contributed by atoms with Crippen molar-refractivity contribution >= 4 is 17.8 Å². The molecule has 3 heterocycles. The fourth-order valence-electron chi connectivity index (χ4n) is 4.52. The largest absolute Gasteiger partial charge is 0.452 e. The molecule has 1 amide bonds. The summed E-state index contributed by atoms with van der Waals surface area (Å²) < 4.78 is 40.9. The molecule has 1 saturated heterocycles. The minimum Gasteiger partial charge on any atom is -0.452 e. The van der Waals surface area contributed by atoms with Crippen LogP contribution in [-0.2, 0) is 4.74 Å². The highest BCUT2D eigenvalue weighted by Gasteiger charge is 2.23. The summed E-state index contributed by atoms with van der Waals surface area (Å²) in [7, 11) is 0. The lowest BCUT2D eigenvalue weighted by atomic mass is 9.90. The highest BCUT2D eigenvalue weighted by molar-refractivity contribution is 6.04. The van der Waals surface area contributed by atoms with Crippen molar-refractivity contribution in [3.8, 4) is 11.4 Å². The normalized spacial score (nSPS) is 16.5.